The monoisotopic (exact) mass is 463 g/mol. The van der Waals surface area contributed by atoms with Gasteiger partial charge in [0.05, 0.1) is 22.4 Å². The zero-order valence-electron chi connectivity index (χ0n) is 15.8. The lowest BCUT2D eigenvalue weighted by Gasteiger charge is -2.60. The zero-order chi connectivity index (χ0) is 20.2. The van der Waals surface area contributed by atoms with Crippen LogP contribution in [0, 0.1) is 27.4 Å². The molecule has 0 radical (unpaired) electrons. The number of carbonyl (C=O) groups excluding carboxylic acids is 1. The number of hydrogen-bond donors (Lipinski definition) is 1. The maximum atomic E-state index is 13.3. The smallest absolute Gasteiger partial charge is 0.306 e. The van der Waals surface area contributed by atoms with Gasteiger partial charge in [-0.15, -0.1) is 5.10 Å². The third-order valence-corrected chi connectivity index (χ3v) is 7.28. The number of nitrogens with one attached hydrogen (secondary N) is 1. The average molecular weight is 464 g/mol. The molecule has 4 aliphatic carbocycles. The predicted octanol–water partition coefficient (Wildman–Crippen LogP) is 2.26. The molecule has 4 saturated carbocycles. The number of nitrogens with zero attached hydrogens (tertiary/aromatic N) is 6. The molecule has 11 heteroatoms. The molecule has 2 atom stereocenters. The van der Waals surface area contributed by atoms with Crippen LogP contribution in [0.3, 0.4) is 0 Å². The summed E-state index contributed by atoms with van der Waals surface area (Å²) < 4.78 is 4.06. The SMILES string of the molecule is O=C(NCCn1cc([N+](=O)[O-])cn1)C12CC3CC(C1)CC(n1cnc(Br)n1)(C3)C2. The number of carbonyl (C=O) groups is 1. The van der Waals surface area contributed by atoms with Crippen LogP contribution in [0.1, 0.15) is 38.5 Å². The minimum Gasteiger partial charge on any atom is -0.354 e. The van der Waals surface area contributed by atoms with Crippen LogP contribution in [0.2, 0.25) is 0 Å². The van der Waals surface area contributed by atoms with Crippen LogP contribution in [0.15, 0.2) is 23.5 Å². The summed E-state index contributed by atoms with van der Waals surface area (Å²) in [6, 6.07) is 0. The molecule has 4 bridgehead atoms. The molecule has 2 aromatic heterocycles. The first-order chi connectivity index (χ1) is 13.9. The van der Waals surface area contributed by atoms with E-state index in [1.54, 1.807) is 6.33 Å². The van der Waals surface area contributed by atoms with Crippen molar-refractivity contribution < 1.29 is 9.72 Å². The molecule has 0 aromatic carbocycles. The lowest BCUT2D eigenvalue weighted by molar-refractivity contribution is -0.385. The van der Waals surface area contributed by atoms with Crippen LogP contribution in [0.4, 0.5) is 5.69 Å². The molecule has 29 heavy (non-hydrogen) atoms. The molecule has 0 spiro atoms. The quantitative estimate of drug-likeness (QED) is 0.517. The van der Waals surface area contributed by atoms with E-state index < -0.39 is 4.92 Å². The second kappa shape index (κ2) is 6.61. The van der Waals surface area contributed by atoms with E-state index in [4.69, 9.17) is 0 Å². The van der Waals surface area contributed by atoms with Crippen molar-refractivity contribution in [2.45, 2.75) is 50.6 Å². The maximum Gasteiger partial charge on any atom is 0.306 e. The van der Waals surface area contributed by atoms with E-state index in [0.717, 1.165) is 32.1 Å². The highest BCUT2D eigenvalue weighted by molar-refractivity contribution is 9.10. The second-order valence-electron chi connectivity index (χ2n) is 8.90. The van der Waals surface area contributed by atoms with Crippen molar-refractivity contribution in [3.8, 4) is 0 Å². The molecule has 4 aliphatic rings. The summed E-state index contributed by atoms with van der Waals surface area (Å²) in [5, 5.41) is 22.4. The number of amides is 1. The van der Waals surface area contributed by atoms with E-state index in [9.17, 15) is 14.9 Å². The van der Waals surface area contributed by atoms with Gasteiger partial charge in [-0.2, -0.15) is 5.10 Å². The number of halogens is 1. The summed E-state index contributed by atoms with van der Waals surface area (Å²) in [7, 11) is 0. The van der Waals surface area contributed by atoms with Gasteiger partial charge < -0.3 is 5.32 Å². The van der Waals surface area contributed by atoms with E-state index in [2.05, 4.69) is 36.4 Å². The van der Waals surface area contributed by atoms with E-state index in [1.165, 1.54) is 23.5 Å². The van der Waals surface area contributed by atoms with Crippen LogP contribution >= 0.6 is 15.9 Å². The Morgan fingerprint density at radius 2 is 2.10 bits per heavy atom. The molecule has 154 valence electrons. The summed E-state index contributed by atoms with van der Waals surface area (Å²) in [5.74, 6) is 1.18. The molecule has 10 nitrogen and oxygen atoms in total. The van der Waals surface area contributed by atoms with Gasteiger partial charge in [-0.05, 0) is 66.3 Å². The Hall–Kier alpha value is -2.30. The fraction of sp³-hybridized carbons (Fsp3) is 0.667. The molecule has 2 heterocycles. The van der Waals surface area contributed by atoms with Crippen molar-refractivity contribution >= 4 is 27.5 Å². The Morgan fingerprint density at radius 3 is 2.72 bits per heavy atom. The van der Waals surface area contributed by atoms with Gasteiger partial charge in [-0.1, -0.05) is 0 Å². The first-order valence-electron chi connectivity index (χ1n) is 9.90. The molecule has 6 rings (SSSR count). The normalized spacial score (nSPS) is 32.4. The van der Waals surface area contributed by atoms with Gasteiger partial charge in [-0.3, -0.25) is 19.6 Å². The Kier molecular flexibility index (Phi) is 4.27. The van der Waals surface area contributed by atoms with Gasteiger partial charge >= 0.3 is 5.69 Å². The number of rotatable bonds is 6. The summed E-state index contributed by atoms with van der Waals surface area (Å²) in [6.45, 7) is 0.806. The lowest BCUT2D eigenvalue weighted by atomic mass is 9.46. The summed E-state index contributed by atoms with van der Waals surface area (Å²) >= 11 is 3.35. The van der Waals surface area contributed by atoms with Crippen LogP contribution < -0.4 is 5.32 Å². The minimum absolute atomic E-state index is 0.0432. The Morgan fingerprint density at radius 1 is 1.34 bits per heavy atom. The van der Waals surface area contributed by atoms with Crippen molar-refractivity contribution in [3.05, 3.63) is 33.6 Å². The van der Waals surface area contributed by atoms with Gasteiger partial charge in [0.2, 0.25) is 10.6 Å². The van der Waals surface area contributed by atoms with Crippen molar-refractivity contribution in [2.24, 2.45) is 17.3 Å². The van der Waals surface area contributed by atoms with E-state index in [0.29, 0.717) is 29.7 Å². The highest BCUT2D eigenvalue weighted by Crippen LogP contribution is 2.64. The van der Waals surface area contributed by atoms with Gasteiger partial charge in [0.15, 0.2) is 0 Å². The van der Waals surface area contributed by atoms with Crippen LogP contribution in [-0.4, -0.2) is 41.9 Å². The van der Waals surface area contributed by atoms with Gasteiger partial charge in [0, 0.05) is 6.54 Å². The zero-order valence-corrected chi connectivity index (χ0v) is 17.4. The Bertz CT molecular complexity index is 956. The first-order valence-corrected chi connectivity index (χ1v) is 10.7. The molecule has 2 unspecified atom stereocenters. The third kappa shape index (κ3) is 3.15. The van der Waals surface area contributed by atoms with E-state index >= 15 is 0 Å². The van der Waals surface area contributed by atoms with Crippen LogP contribution in [0.25, 0.3) is 0 Å². The number of aromatic nitrogens is 5. The highest BCUT2D eigenvalue weighted by atomic mass is 79.9. The average Bonchev–Trinajstić information content (AvgIpc) is 3.30. The van der Waals surface area contributed by atoms with Crippen molar-refractivity contribution in [3.63, 3.8) is 0 Å². The lowest BCUT2D eigenvalue weighted by Crippen LogP contribution is -2.61. The second-order valence-corrected chi connectivity index (χ2v) is 9.61. The van der Waals surface area contributed by atoms with Crippen molar-refractivity contribution in [1.29, 1.82) is 0 Å². The van der Waals surface area contributed by atoms with E-state index in [-0.39, 0.29) is 22.5 Å². The van der Waals surface area contributed by atoms with Crippen LogP contribution in [-0.2, 0) is 16.9 Å². The van der Waals surface area contributed by atoms with Crippen molar-refractivity contribution in [2.75, 3.05) is 6.54 Å². The molecular formula is C18H22BrN7O3. The summed E-state index contributed by atoms with van der Waals surface area (Å²) in [5.41, 5.74) is -0.528. The van der Waals surface area contributed by atoms with E-state index in [1.807, 2.05) is 4.68 Å². The number of hydrogen-bond acceptors (Lipinski definition) is 6. The number of nitro groups is 1. The molecular weight excluding hydrogens is 442 g/mol. The predicted molar refractivity (Wildman–Crippen MR) is 105 cm³/mol. The standard InChI is InChI=1S/C18H22BrN7O3/c19-16-21-11-25(23-16)18-6-12-3-13(7-18)5-17(4-12,10-18)15(27)20-1-2-24-9-14(8-22-24)26(28)29/h8-9,11-13H,1-7,10H2,(H,20,27). The Balaban J connectivity index is 1.29. The van der Waals surface area contributed by atoms with Gasteiger partial charge in [-0.25, -0.2) is 9.67 Å². The van der Waals surface area contributed by atoms with Crippen molar-refractivity contribution in [1.82, 2.24) is 29.9 Å². The fourth-order valence-electron chi connectivity index (χ4n) is 6.26. The van der Waals surface area contributed by atoms with Gasteiger partial charge in [0.25, 0.3) is 0 Å². The Labute approximate surface area is 175 Å². The summed E-state index contributed by atoms with van der Waals surface area (Å²) in [4.78, 5) is 27.8. The largest absolute Gasteiger partial charge is 0.354 e. The summed E-state index contributed by atoms with van der Waals surface area (Å²) in [6.07, 6.45) is 10.4. The minimum atomic E-state index is -0.473. The molecule has 0 aliphatic heterocycles. The fourth-order valence-corrected chi connectivity index (χ4v) is 6.52. The van der Waals surface area contributed by atoms with Crippen LogP contribution in [0.5, 0.6) is 0 Å². The molecule has 1 N–H and O–H groups in total. The molecule has 2 aromatic rings. The maximum absolute atomic E-state index is 13.3. The molecule has 4 fully saturated rings. The topological polar surface area (TPSA) is 121 Å². The highest BCUT2D eigenvalue weighted by Gasteiger charge is 2.61. The molecule has 1 amide bonds. The third-order valence-electron chi connectivity index (χ3n) is 6.92. The van der Waals surface area contributed by atoms with Gasteiger partial charge in [0.1, 0.15) is 18.7 Å². The first kappa shape index (κ1) is 18.7. The molecule has 0 saturated heterocycles.